The summed E-state index contributed by atoms with van der Waals surface area (Å²) in [5.41, 5.74) is 18.7. The molecule has 0 radical (unpaired) electrons. The minimum absolute atomic E-state index is 0.0609. The van der Waals surface area contributed by atoms with Gasteiger partial charge < -0.3 is 55.3 Å². The molecule has 0 spiro atoms. The molecule has 1 aromatic heterocycles. The summed E-state index contributed by atoms with van der Waals surface area (Å²) < 4.78 is 16.9. The molecule has 5 aromatic carbocycles. The zero-order chi connectivity index (χ0) is 98.7. The van der Waals surface area contributed by atoms with Crippen LogP contribution < -0.4 is 0 Å². The van der Waals surface area contributed by atoms with E-state index >= 15 is 0 Å². The number of hydrogen-bond acceptors (Lipinski definition) is 14. The number of carbonyl (C=O) groups is 3. The number of aliphatic hydroxyl groups is 5. The molecule has 770 valence electrons. The first-order valence-corrected chi connectivity index (χ1v) is 61.7. The molecule has 22 rings (SSSR count). The molecular formula is C121H166BrCl2N2O13Pt-. The van der Waals surface area contributed by atoms with E-state index in [1.165, 1.54) is 141 Å². The van der Waals surface area contributed by atoms with Gasteiger partial charge in [0.2, 0.25) is 0 Å². The molecule has 140 heavy (non-hydrogen) atoms. The molecule has 11 fully saturated rings. The van der Waals surface area contributed by atoms with Crippen LogP contribution in [0.2, 0.25) is 0 Å². The van der Waals surface area contributed by atoms with E-state index in [1.54, 1.807) is 22.3 Å². The number of nitrogens with zero attached hydrogens (tertiary/aromatic N) is 2. The van der Waals surface area contributed by atoms with E-state index < -0.39 is 27.3 Å². The molecule has 15 nitrogen and oxygen atoms in total. The van der Waals surface area contributed by atoms with Gasteiger partial charge in [0.25, 0.3) is 0 Å². The van der Waals surface area contributed by atoms with Crippen LogP contribution in [0.15, 0.2) is 115 Å². The summed E-state index contributed by atoms with van der Waals surface area (Å²) in [6.45, 7) is 21.3. The maximum absolute atomic E-state index is 14.1. The van der Waals surface area contributed by atoms with E-state index in [-0.39, 0.29) is 83.1 Å². The van der Waals surface area contributed by atoms with Gasteiger partial charge in [-0.2, -0.15) is 0 Å². The minimum atomic E-state index is -1.03. The summed E-state index contributed by atoms with van der Waals surface area (Å²) in [6, 6.07) is 38.9. The van der Waals surface area contributed by atoms with Crippen LogP contribution in [0.4, 0.5) is 0 Å². The van der Waals surface area contributed by atoms with Crippen molar-refractivity contribution in [1.29, 1.82) is 0 Å². The third-order valence-corrected chi connectivity index (χ3v) is 41.6. The standard InChI is InChI=1S/C29H40O5.C27H35N2O2.C22H32O2.C22H30O2.C21H29BrO2.2ClH.Pt/c1-19-8-10-21-20(17-19)9-11-23-22(21)12-14-28(2)24(23)18-29(26(28)30,27(31)32-3)13-6-16-34-25-7-4-5-15-33-25;1-27-12-11-23-22-10-8-21(30)15-18(22)7-9-24(23)25(27)16-19(26(27)31)5-4-13-28-17-20-6-2-3-14-29-20;2*1-14-5-7-17-15(12-14)6-8-19-18(17)9-10-22(2)20(19)13-16(21(22)24)4-3-11-23;1-21-9-8-17-16-7-5-15(23)11-13(16)4-6-18(17)19(21)12-14(20(21)24)3-2-10-22;;;/h8,10,17,22-25H,4-7,9,11-16,18H2,1-3H3;2-3,6,8,10,14-15,19,23-26,30-31H,4-5,7,9,11-13,16-17H2,1H3;5,7,12,16,18-21,23-24H,3-4,6,8-11,13H2,1-2H3;5,7,12,16,18-20,23H,3-4,6,8-11,13H2,1-2H3;5,7,11,14,17-20,23-24H,2-4,6,8-10,12H2,1H3;2*1H;/q;-1;;;;;;+2/p-2/t22?,23?,24?,25?,28-,29-;19-,23?,24?,25?,26-,27-;16-,18?,19?,20?,21-,22-;16-,18?,19?,20?,22-;14-,17?,18?,19?,20-,21-;;;/m00000.../s1. The molecule has 29 atom stereocenters. The molecular weight excluding hydrogens is 2040 g/mol. The maximum atomic E-state index is 14.1. The van der Waals surface area contributed by atoms with Crippen molar-refractivity contribution >= 4 is 52.3 Å². The van der Waals surface area contributed by atoms with Gasteiger partial charge in [0.15, 0.2) is 12.1 Å². The van der Waals surface area contributed by atoms with Crippen LogP contribution in [0.1, 0.15) is 354 Å². The van der Waals surface area contributed by atoms with Crippen molar-refractivity contribution in [2.24, 2.45) is 115 Å². The normalized spacial score (nSPS) is 37.1. The molecule has 2 heterocycles. The zero-order valence-corrected chi connectivity index (χ0v) is 90.9. The van der Waals surface area contributed by atoms with Crippen LogP contribution in [-0.2, 0) is 83.7 Å². The molecule has 1 aliphatic heterocycles. The second kappa shape index (κ2) is 46.1. The first-order chi connectivity index (χ1) is 67.5. The average Bonchev–Trinajstić information content (AvgIpc) is 1.54. The Morgan fingerprint density at radius 3 is 1.36 bits per heavy atom. The number of ketones is 2. The Morgan fingerprint density at radius 2 is 0.921 bits per heavy atom. The predicted octanol–water partition coefficient (Wildman–Crippen LogP) is 26.1. The monoisotopic (exact) mass is 2200 g/mol. The van der Waals surface area contributed by atoms with Crippen LogP contribution >= 0.6 is 34.8 Å². The Kier molecular flexibility index (Phi) is 35.0. The van der Waals surface area contributed by atoms with Crippen LogP contribution in [0.5, 0.6) is 11.5 Å². The van der Waals surface area contributed by atoms with E-state index in [9.17, 15) is 45.0 Å². The third kappa shape index (κ3) is 21.3. The predicted molar refractivity (Wildman–Crippen MR) is 558 cm³/mol. The molecule has 19 heteroatoms. The number of benzene rings is 5. The van der Waals surface area contributed by atoms with Gasteiger partial charge in [-0.25, -0.2) is 0 Å². The molecule has 16 unspecified atom stereocenters. The third-order valence-electron chi connectivity index (χ3n) is 41.0. The number of fused-ring (bicyclic) bond motifs is 25. The quantitative estimate of drug-likeness (QED) is 0.0153. The number of phenolic OH excluding ortho intramolecular Hbond substituents is 2. The van der Waals surface area contributed by atoms with E-state index in [1.807, 2.05) is 48.7 Å². The number of alkyl halides is 1. The fraction of sp³-hybridized carbons (Fsp3) is 0.686. The van der Waals surface area contributed by atoms with Gasteiger partial charge in [-0.15, -0.1) is 13.1 Å². The number of aliphatic hydroxyl groups excluding tert-OH is 5. The molecule has 1 saturated heterocycles. The molecule has 7 N–H and O–H groups in total. The molecule has 6 aromatic rings. The van der Waals surface area contributed by atoms with Crippen molar-refractivity contribution in [3.05, 3.63) is 199 Å². The fourth-order valence-electron chi connectivity index (χ4n) is 34.0. The van der Waals surface area contributed by atoms with E-state index in [4.69, 9.17) is 38.2 Å². The van der Waals surface area contributed by atoms with Crippen molar-refractivity contribution in [1.82, 2.24) is 4.98 Å². The number of phenols is 2. The number of rotatable bonds is 21. The summed E-state index contributed by atoms with van der Waals surface area (Å²) in [6.07, 6.45) is 41.4. The second-order valence-electron chi connectivity index (χ2n) is 48.2. The molecule has 15 aliphatic carbocycles. The van der Waals surface area contributed by atoms with E-state index in [2.05, 4.69) is 148 Å². The summed E-state index contributed by atoms with van der Waals surface area (Å²) in [7, 11) is 11.2. The Bertz CT molecular complexity index is 5100. The number of hydrogen-bond donors (Lipinski definition) is 7. The topological polar surface area (TPSA) is 247 Å². The number of ether oxygens (including phenoxy) is 3. The molecule has 0 bridgehead atoms. The zero-order valence-electron chi connectivity index (χ0n) is 85.5. The number of methoxy groups -OCH3 is 1. The van der Waals surface area contributed by atoms with Crippen LogP contribution in [0.3, 0.4) is 0 Å². The average molecular weight is 2200 g/mol. The van der Waals surface area contributed by atoms with E-state index in [0.717, 1.165) is 171 Å². The number of aromatic nitrogens is 1. The van der Waals surface area contributed by atoms with Gasteiger partial charge in [-0.1, -0.05) is 146 Å². The fourth-order valence-corrected chi connectivity index (χ4v) is 34.4. The Labute approximate surface area is 862 Å². The van der Waals surface area contributed by atoms with Gasteiger partial charge in [0.05, 0.1) is 25.4 Å². The van der Waals surface area contributed by atoms with Gasteiger partial charge >= 0.3 is 41.3 Å². The van der Waals surface area contributed by atoms with Gasteiger partial charge in [-0.3, -0.25) is 19.4 Å². The van der Waals surface area contributed by atoms with Crippen molar-refractivity contribution in [2.45, 2.75) is 360 Å². The van der Waals surface area contributed by atoms with Crippen molar-refractivity contribution in [2.75, 3.05) is 45.4 Å². The van der Waals surface area contributed by atoms with Gasteiger partial charge in [0.1, 0.15) is 22.7 Å². The Morgan fingerprint density at radius 1 is 0.500 bits per heavy atom. The van der Waals surface area contributed by atoms with Crippen molar-refractivity contribution in [3.8, 4) is 11.5 Å². The first kappa shape index (κ1) is 106. The number of esters is 1. The second-order valence-corrected chi connectivity index (χ2v) is 52.2. The number of halogens is 3. The molecule has 16 aliphatic rings. The Hall–Kier alpha value is -4.91. The SMILES string of the molecule is COC(=O)[C@@]1(CCCOC2CCCCO2)CC2C3CCc4cc(C)ccc4C3CC[C@]2(C)C1=O.C[C@]12CCC3c4ccc(O)cc4CCC3C1C[C@H](CCCBr)[C@@H]2O.C[C@]12CCC3c4ccc(O)cc4CCC3C1C[C@H](CCC[N-]Cc1ccccn1)[C@@H]2O.Cc1ccc2c(c1)CCC1C2CC[C@@]2(C)C1C[C@H](CCCO)[C@@H]2O.Cc1ccc2c(c1)CCC1C2CC[C@]2(C)C(=O)[C@@H](CCCO)CC12.[Cl][Pt][Cl]. The van der Waals surface area contributed by atoms with E-state index in [0.29, 0.717) is 144 Å². The van der Waals surface area contributed by atoms with Crippen LogP contribution in [0.25, 0.3) is 5.32 Å². The Balaban J connectivity index is 0.000000121. The first-order valence-electron chi connectivity index (χ1n) is 55.0. The number of pyridine rings is 1. The number of carbonyl (C=O) groups excluding carboxylic acids is 3. The van der Waals surface area contributed by atoms with Gasteiger partial charge in [-0.05, 0) is 473 Å². The van der Waals surface area contributed by atoms with Crippen LogP contribution in [0, 0.1) is 136 Å². The summed E-state index contributed by atoms with van der Waals surface area (Å²) in [5.74, 6) is 11.6. The summed E-state index contributed by atoms with van der Waals surface area (Å²) in [5, 5.41) is 77.1. The van der Waals surface area contributed by atoms with Crippen molar-refractivity contribution in [3.63, 3.8) is 0 Å². The number of aromatic hydroxyl groups is 2. The van der Waals surface area contributed by atoms with Crippen LogP contribution in [-0.4, -0.2) is 128 Å². The summed E-state index contributed by atoms with van der Waals surface area (Å²) in [4.78, 5) is 44.7. The molecule has 10 saturated carbocycles. The summed E-state index contributed by atoms with van der Waals surface area (Å²) >= 11 is 3.07. The number of Topliss-reactive ketones (excluding diaryl/α,β-unsaturated/α-hetero) is 2. The molecule has 0 amide bonds. The van der Waals surface area contributed by atoms with Gasteiger partial charge in [0, 0.05) is 60.4 Å². The number of aryl methyl sites for hydroxylation is 8. The van der Waals surface area contributed by atoms with Crippen molar-refractivity contribution < 1.29 is 80.8 Å².